The molecule has 1 amide bonds. The quantitative estimate of drug-likeness (QED) is 0.333. The Balaban J connectivity index is 2.19. The molecule has 0 aliphatic heterocycles. The van der Waals surface area contributed by atoms with Gasteiger partial charge in [-0.2, -0.15) is 0 Å². The largest absolute Gasteiger partial charge is 0.352 e. The molecule has 1 aromatic heterocycles. The van der Waals surface area contributed by atoms with Gasteiger partial charge in [0.25, 0.3) is 5.91 Å². The molecule has 25 heavy (non-hydrogen) atoms. The van der Waals surface area contributed by atoms with Gasteiger partial charge < -0.3 is 5.32 Å². The Hall–Kier alpha value is -1.38. The van der Waals surface area contributed by atoms with Crippen molar-refractivity contribution in [2.45, 2.75) is 97.4 Å². The average Bonchev–Trinajstić information content (AvgIpc) is 2.64. The summed E-state index contributed by atoms with van der Waals surface area (Å²) in [6.45, 7) is 6.25. The third-order valence-electron chi connectivity index (χ3n) is 4.71. The molecular formula is C22H39N2O+. The van der Waals surface area contributed by atoms with Crippen molar-refractivity contribution >= 4 is 5.91 Å². The van der Waals surface area contributed by atoms with E-state index in [0.29, 0.717) is 0 Å². The van der Waals surface area contributed by atoms with E-state index in [9.17, 15) is 4.79 Å². The molecule has 1 aromatic rings. The van der Waals surface area contributed by atoms with Crippen molar-refractivity contribution in [2.24, 2.45) is 0 Å². The summed E-state index contributed by atoms with van der Waals surface area (Å²) in [7, 11) is 0. The Kier molecular flexibility index (Phi) is 12.9. The third-order valence-corrected chi connectivity index (χ3v) is 4.71. The molecule has 0 atom stereocenters. The van der Waals surface area contributed by atoms with E-state index in [4.69, 9.17) is 0 Å². The Labute approximate surface area is 155 Å². The van der Waals surface area contributed by atoms with Crippen LogP contribution in [0.3, 0.4) is 0 Å². The molecular weight excluding hydrogens is 308 g/mol. The van der Waals surface area contributed by atoms with Gasteiger partial charge in [-0.05, 0) is 18.9 Å². The van der Waals surface area contributed by atoms with Gasteiger partial charge in [0.15, 0.2) is 12.4 Å². The predicted octanol–water partition coefficient (Wildman–Crippen LogP) is 5.42. The van der Waals surface area contributed by atoms with E-state index in [2.05, 4.69) is 29.9 Å². The molecule has 0 fully saturated rings. The van der Waals surface area contributed by atoms with Gasteiger partial charge in [0.2, 0.25) is 0 Å². The number of rotatable bonds is 15. The summed E-state index contributed by atoms with van der Waals surface area (Å²) in [4.78, 5) is 12.2. The number of amides is 1. The topological polar surface area (TPSA) is 33.0 Å². The van der Waals surface area contributed by atoms with E-state index in [-0.39, 0.29) is 5.91 Å². The maximum absolute atomic E-state index is 12.2. The molecule has 0 bridgehead atoms. The monoisotopic (exact) mass is 347 g/mol. The number of nitrogens with zero attached hydrogens (tertiary/aromatic N) is 1. The number of aromatic nitrogens is 1. The van der Waals surface area contributed by atoms with Crippen LogP contribution >= 0.6 is 0 Å². The maximum atomic E-state index is 12.2. The Morgan fingerprint density at radius 1 is 0.880 bits per heavy atom. The van der Waals surface area contributed by atoms with Crippen LogP contribution < -0.4 is 9.88 Å². The second-order valence-electron chi connectivity index (χ2n) is 7.12. The normalized spacial score (nSPS) is 10.8. The van der Waals surface area contributed by atoms with Gasteiger partial charge in [-0.15, -0.1) is 0 Å². The molecule has 142 valence electrons. The minimum absolute atomic E-state index is 0.0572. The van der Waals surface area contributed by atoms with E-state index < -0.39 is 0 Å². The van der Waals surface area contributed by atoms with Crippen molar-refractivity contribution in [2.75, 3.05) is 6.54 Å². The summed E-state index contributed by atoms with van der Waals surface area (Å²) in [5.41, 5.74) is 0.776. The van der Waals surface area contributed by atoms with E-state index in [1.807, 2.05) is 18.3 Å². The molecule has 0 radical (unpaired) electrons. The van der Waals surface area contributed by atoms with Crippen molar-refractivity contribution in [1.29, 1.82) is 0 Å². The first kappa shape index (κ1) is 21.7. The van der Waals surface area contributed by atoms with Crippen LogP contribution in [-0.2, 0) is 6.54 Å². The van der Waals surface area contributed by atoms with Crippen molar-refractivity contribution in [1.82, 2.24) is 5.32 Å². The molecule has 1 heterocycles. The fourth-order valence-corrected chi connectivity index (χ4v) is 3.08. The van der Waals surface area contributed by atoms with Gasteiger partial charge in [-0.25, -0.2) is 4.57 Å². The highest BCUT2D eigenvalue weighted by Gasteiger charge is 2.09. The standard InChI is InChI=1S/C22H38N2O/c1-3-5-7-9-10-11-12-14-18-24-19-15-16-21(20-24)22(25)23-17-13-8-6-4-2/h15-16,19-20H,3-14,17-18H2,1-2H3/p+1. The Morgan fingerprint density at radius 2 is 1.48 bits per heavy atom. The molecule has 0 aliphatic rings. The number of hydrogen-bond donors (Lipinski definition) is 1. The lowest BCUT2D eigenvalue weighted by atomic mass is 10.1. The van der Waals surface area contributed by atoms with Crippen molar-refractivity contribution in [3.8, 4) is 0 Å². The summed E-state index contributed by atoms with van der Waals surface area (Å²) in [5.74, 6) is 0.0572. The van der Waals surface area contributed by atoms with E-state index in [0.717, 1.165) is 25.1 Å². The molecule has 0 saturated heterocycles. The highest BCUT2D eigenvalue weighted by molar-refractivity contribution is 5.93. The number of unbranched alkanes of at least 4 members (excludes halogenated alkanes) is 10. The number of carbonyl (C=O) groups excluding carboxylic acids is 1. The summed E-state index contributed by atoms with van der Waals surface area (Å²) >= 11 is 0. The third kappa shape index (κ3) is 11.0. The Bertz CT molecular complexity index is 459. The molecule has 3 heteroatoms. The molecule has 0 unspecified atom stereocenters. The first-order valence-electron chi connectivity index (χ1n) is 10.5. The van der Waals surface area contributed by atoms with Gasteiger partial charge >= 0.3 is 0 Å². The minimum Gasteiger partial charge on any atom is -0.352 e. The van der Waals surface area contributed by atoms with Crippen LogP contribution in [0.1, 0.15) is 101 Å². The van der Waals surface area contributed by atoms with Crippen LogP contribution in [0, 0.1) is 0 Å². The molecule has 0 aliphatic carbocycles. The SMILES string of the molecule is CCCCCCCCCC[n+]1cccc(C(=O)NCCCCCC)c1. The van der Waals surface area contributed by atoms with Gasteiger partial charge in [-0.3, -0.25) is 4.79 Å². The summed E-state index contributed by atoms with van der Waals surface area (Å²) < 4.78 is 2.16. The fraction of sp³-hybridized carbons (Fsp3) is 0.727. The molecule has 1 rings (SSSR count). The van der Waals surface area contributed by atoms with E-state index in [1.54, 1.807) is 0 Å². The fourth-order valence-electron chi connectivity index (χ4n) is 3.08. The summed E-state index contributed by atoms with van der Waals surface area (Å²) in [6.07, 6.45) is 19.5. The maximum Gasteiger partial charge on any atom is 0.257 e. The predicted molar refractivity (Wildman–Crippen MR) is 106 cm³/mol. The van der Waals surface area contributed by atoms with Gasteiger partial charge in [0.05, 0.1) is 0 Å². The highest BCUT2D eigenvalue weighted by Crippen LogP contribution is 2.08. The number of aryl methyl sites for hydroxylation is 1. The second kappa shape index (κ2) is 14.9. The van der Waals surface area contributed by atoms with Crippen LogP contribution in [0.25, 0.3) is 0 Å². The summed E-state index contributed by atoms with van der Waals surface area (Å²) in [6, 6.07) is 3.89. The zero-order valence-corrected chi connectivity index (χ0v) is 16.6. The first-order chi connectivity index (χ1) is 12.3. The van der Waals surface area contributed by atoms with Crippen LogP contribution in [0.5, 0.6) is 0 Å². The lowest BCUT2D eigenvalue weighted by Gasteiger charge is -2.05. The lowest BCUT2D eigenvalue weighted by molar-refractivity contribution is -0.697. The smallest absolute Gasteiger partial charge is 0.257 e. The number of pyridine rings is 1. The zero-order valence-electron chi connectivity index (χ0n) is 16.6. The number of nitrogens with one attached hydrogen (secondary N) is 1. The number of carbonyl (C=O) groups is 1. The average molecular weight is 348 g/mol. The lowest BCUT2D eigenvalue weighted by Crippen LogP contribution is -2.35. The van der Waals surface area contributed by atoms with Gasteiger partial charge in [0, 0.05) is 19.0 Å². The molecule has 0 spiro atoms. The van der Waals surface area contributed by atoms with Crippen LogP contribution in [0.15, 0.2) is 24.5 Å². The van der Waals surface area contributed by atoms with Gasteiger partial charge in [0.1, 0.15) is 12.1 Å². The van der Waals surface area contributed by atoms with Crippen LogP contribution in [-0.4, -0.2) is 12.5 Å². The number of hydrogen-bond acceptors (Lipinski definition) is 1. The molecule has 3 nitrogen and oxygen atoms in total. The van der Waals surface area contributed by atoms with Crippen LogP contribution in [0.4, 0.5) is 0 Å². The van der Waals surface area contributed by atoms with Crippen molar-refractivity contribution in [3.63, 3.8) is 0 Å². The molecule has 0 saturated carbocycles. The van der Waals surface area contributed by atoms with Gasteiger partial charge in [-0.1, -0.05) is 71.6 Å². The van der Waals surface area contributed by atoms with Crippen LogP contribution in [0.2, 0.25) is 0 Å². The first-order valence-corrected chi connectivity index (χ1v) is 10.5. The second-order valence-corrected chi connectivity index (χ2v) is 7.12. The van der Waals surface area contributed by atoms with E-state index in [1.165, 1.54) is 70.6 Å². The Morgan fingerprint density at radius 3 is 2.16 bits per heavy atom. The zero-order chi connectivity index (χ0) is 18.2. The van der Waals surface area contributed by atoms with Crippen molar-refractivity contribution in [3.05, 3.63) is 30.1 Å². The van der Waals surface area contributed by atoms with Crippen molar-refractivity contribution < 1.29 is 9.36 Å². The summed E-state index contributed by atoms with van der Waals surface area (Å²) in [5, 5.41) is 3.03. The van der Waals surface area contributed by atoms with E-state index >= 15 is 0 Å². The minimum atomic E-state index is 0.0572. The molecule has 0 aromatic carbocycles. The molecule has 1 N–H and O–H groups in total. The highest BCUT2D eigenvalue weighted by atomic mass is 16.1.